The van der Waals surface area contributed by atoms with Crippen LogP contribution in [0.25, 0.3) is 0 Å². The SMILES string of the molecule is COc1cc(CN[C@@H](Cc2ccsc2)c2nc(C)c(C)s2)cc(OC)c1. The summed E-state index contributed by atoms with van der Waals surface area (Å²) in [5, 5.41) is 9.14. The number of methoxy groups -OCH3 is 2. The van der Waals surface area contributed by atoms with Gasteiger partial charge in [0.2, 0.25) is 0 Å². The standard InChI is InChI=1S/C20H24N2O2S2/c1-13-14(2)26-20(22-13)19(9-15-5-6-25-12-15)21-11-16-7-17(23-3)10-18(8-16)24-4/h5-8,10,12,19,21H,9,11H2,1-4H3/t19-/m0/s1. The molecule has 1 N–H and O–H groups in total. The van der Waals surface area contributed by atoms with Crippen molar-refractivity contribution in [1.29, 1.82) is 0 Å². The largest absolute Gasteiger partial charge is 0.497 e. The third-order valence-electron chi connectivity index (χ3n) is 4.33. The van der Waals surface area contributed by atoms with Gasteiger partial charge in [-0.05, 0) is 60.4 Å². The highest BCUT2D eigenvalue weighted by atomic mass is 32.1. The van der Waals surface area contributed by atoms with Crippen LogP contribution < -0.4 is 14.8 Å². The molecule has 6 heteroatoms. The molecule has 1 aromatic carbocycles. The first-order valence-electron chi connectivity index (χ1n) is 8.49. The molecule has 0 unspecified atom stereocenters. The Morgan fingerprint density at radius 2 is 1.81 bits per heavy atom. The van der Waals surface area contributed by atoms with Crippen LogP contribution in [0.2, 0.25) is 0 Å². The Morgan fingerprint density at radius 3 is 2.35 bits per heavy atom. The fourth-order valence-electron chi connectivity index (χ4n) is 2.75. The number of nitrogens with zero attached hydrogens (tertiary/aromatic N) is 1. The van der Waals surface area contributed by atoms with E-state index in [1.165, 1.54) is 10.4 Å². The monoisotopic (exact) mass is 388 g/mol. The average Bonchev–Trinajstić information content (AvgIpc) is 3.28. The molecule has 0 fully saturated rings. The van der Waals surface area contributed by atoms with E-state index in [9.17, 15) is 0 Å². The van der Waals surface area contributed by atoms with E-state index in [4.69, 9.17) is 14.5 Å². The molecule has 0 aliphatic heterocycles. The first-order chi connectivity index (χ1) is 12.6. The summed E-state index contributed by atoms with van der Waals surface area (Å²) in [7, 11) is 3.35. The van der Waals surface area contributed by atoms with Crippen LogP contribution in [0.15, 0.2) is 35.0 Å². The minimum Gasteiger partial charge on any atom is -0.497 e. The van der Waals surface area contributed by atoms with Crippen molar-refractivity contribution < 1.29 is 9.47 Å². The van der Waals surface area contributed by atoms with Crippen LogP contribution in [-0.4, -0.2) is 19.2 Å². The van der Waals surface area contributed by atoms with Gasteiger partial charge in [-0.3, -0.25) is 0 Å². The summed E-state index contributed by atoms with van der Waals surface area (Å²) in [6.07, 6.45) is 0.928. The maximum absolute atomic E-state index is 5.38. The number of aryl methyl sites for hydroxylation is 2. The van der Waals surface area contributed by atoms with E-state index in [-0.39, 0.29) is 6.04 Å². The first-order valence-corrected chi connectivity index (χ1v) is 10.2. The number of ether oxygens (including phenoxy) is 2. The molecule has 0 radical (unpaired) electrons. The molecule has 0 saturated heterocycles. The third kappa shape index (κ3) is 4.63. The van der Waals surface area contributed by atoms with Crippen molar-refractivity contribution >= 4 is 22.7 Å². The van der Waals surface area contributed by atoms with E-state index in [0.29, 0.717) is 0 Å². The van der Waals surface area contributed by atoms with Crippen molar-refractivity contribution in [1.82, 2.24) is 10.3 Å². The van der Waals surface area contributed by atoms with Gasteiger partial charge in [-0.1, -0.05) is 0 Å². The summed E-state index contributed by atoms with van der Waals surface area (Å²) in [6, 6.07) is 8.32. The molecular formula is C20H24N2O2S2. The van der Waals surface area contributed by atoms with Gasteiger partial charge in [-0.2, -0.15) is 11.3 Å². The van der Waals surface area contributed by atoms with Gasteiger partial charge in [-0.25, -0.2) is 4.98 Å². The Kier molecular flexibility index (Phi) is 6.29. The lowest BCUT2D eigenvalue weighted by Crippen LogP contribution is -2.23. The molecule has 0 amide bonds. The van der Waals surface area contributed by atoms with Gasteiger partial charge in [0.1, 0.15) is 16.5 Å². The molecule has 138 valence electrons. The Hall–Kier alpha value is -1.89. The Balaban J connectivity index is 1.79. The lowest BCUT2D eigenvalue weighted by Gasteiger charge is -2.17. The molecule has 2 aromatic heterocycles. The number of rotatable bonds is 8. The van der Waals surface area contributed by atoms with Crippen LogP contribution in [0.1, 0.15) is 32.7 Å². The third-order valence-corrected chi connectivity index (χ3v) is 6.25. The number of hydrogen-bond acceptors (Lipinski definition) is 6. The van der Waals surface area contributed by atoms with Gasteiger partial charge >= 0.3 is 0 Å². The molecule has 4 nitrogen and oxygen atoms in total. The van der Waals surface area contributed by atoms with E-state index in [1.807, 2.05) is 18.2 Å². The molecule has 0 bridgehead atoms. The summed E-state index contributed by atoms with van der Waals surface area (Å²) in [6.45, 7) is 4.93. The van der Waals surface area contributed by atoms with Gasteiger partial charge in [-0.15, -0.1) is 11.3 Å². The molecule has 0 saturated carbocycles. The zero-order chi connectivity index (χ0) is 18.5. The predicted octanol–water partition coefficient (Wildman–Crippen LogP) is 4.91. The number of nitrogens with one attached hydrogen (secondary N) is 1. The maximum Gasteiger partial charge on any atom is 0.122 e. The minimum atomic E-state index is 0.180. The second kappa shape index (κ2) is 8.66. The zero-order valence-electron chi connectivity index (χ0n) is 15.5. The van der Waals surface area contributed by atoms with Crippen LogP contribution >= 0.6 is 22.7 Å². The predicted molar refractivity (Wildman–Crippen MR) is 109 cm³/mol. The lowest BCUT2D eigenvalue weighted by molar-refractivity contribution is 0.392. The van der Waals surface area contributed by atoms with Crippen LogP contribution in [0, 0.1) is 13.8 Å². The van der Waals surface area contributed by atoms with Gasteiger partial charge in [0.15, 0.2) is 0 Å². The van der Waals surface area contributed by atoms with Crippen LogP contribution in [0.4, 0.5) is 0 Å². The fraction of sp³-hybridized carbons (Fsp3) is 0.350. The van der Waals surface area contributed by atoms with Gasteiger partial charge < -0.3 is 14.8 Å². The van der Waals surface area contributed by atoms with Crippen LogP contribution in [-0.2, 0) is 13.0 Å². The van der Waals surface area contributed by atoms with Gasteiger partial charge in [0.05, 0.1) is 26.0 Å². The number of hydrogen-bond donors (Lipinski definition) is 1. The smallest absolute Gasteiger partial charge is 0.122 e. The molecule has 3 aromatic rings. The molecule has 26 heavy (non-hydrogen) atoms. The van der Waals surface area contributed by atoms with Crippen molar-refractivity contribution in [2.75, 3.05) is 14.2 Å². The first kappa shape index (κ1) is 18.9. The second-order valence-electron chi connectivity index (χ2n) is 6.18. The summed E-state index contributed by atoms with van der Waals surface area (Å²) < 4.78 is 10.8. The Bertz CT molecular complexity index is 802. The van der Waals surface area contributed by atoms with Crippen molar-refractivity contribution in [3.05, 3.63) is 61.7 Å². The van der Waals surface area contributed by atoms with Crippen LogP contribution in [0.3, 0.4) is 0 Å². The fourth-order valence-corrected chi connectivity index (χ4v) is 4.43. The molecular weight excluding hydrogens is 364 g/mol. The minimum absolute atomic E-state index is 0.180. The molecule has 0 aliphatic rings. The van der Waals surface area contributed by atoms with E-state index in [1.54, 1.807) is 36.9 Å². The molecule has 0 spiro atoms. The highest BCUT2D eigenvalue weighted by molar-refractivity contribution is 7.11. The zero-order valence-corrected chi connectivity index (χ0v) is 17.2. The average molecular weight is 389 g/mol. The topological polar surface area (TPSA) is 43.4 Å². The quantitative estimate of drug-likeness (QED) is 0.595. The van der Waals surface area contributed by atoms with E-state index >= 15 is 0 Å². The molecule has 3 rings (SSSR count). The number of benzene rings is 1. The second-order valence-corrected chi connectivity index (χ2v) is 8.20. The molecule has 0 aliphatic carbocycles. The number of thiazole rings is 1. The Morgan fingerprint density at radius 1 is 1.08 bits per heavy atom. The van der Waals surface area contributed by atoms with Crippen LogP contribution in [0.5, 0.6) is 11.5 Å². The molecule has 1 atom stereocenters. The number of aromatic nitrogens is 1. The van der Waals surface area contributed by atoms with Gasteiger partial charge in [0.25, 0.3) is 0 Å². The van der Waals surface area contributed by atoms with E-state index < -0.39 is 0 Å². The summed E-state index contributed by atoms with van der Waals surface area (Å²) in [5.41, 5.74) is 3.58. The van der Waals surface area contributed by atoms with E-state index in [2.05, 4.69) is 36.0 Å². The number of thiophene rings is 1. The highest BCUT2D eigenvalue weighted by Crippen LogP contribution is 2.28. The summed E-state index contributed by atoms with van der Waals surface area (Å²) in [4.78, 5) is 6.06. The van der Waals surface area contributed by atoms with Gasteiger partial charge in [0, 0.05) is 17.5 Å². The van der Waals surface area contributed by atoms with E-state index in [0.717, 1.165) is 40.7 Å². The highest BCUT2D eigenvalue weighted by Gasteiger charge is 2.17. The summed E-state index contributed by atoms with van der Waals surface area (Å²) >= 11 is 3.51. The van der Waals surface area contributed by atoms with Crippen molar-refractivity contribution in [3.63, 3.8) is 0 Å². The van der Waals surface area contributed by atoms with Crippen molar-refractivity contribution in [3.8, 4) is 11.5 Å². The normalized spacial score (nSPS) is 12.2. The Labute approximate surface area is 162 Å². The lowest BCUT2D eigenvalue weighted by atomic mass is 10.1. The molecule has 2 heterocycles. The maximum atomic E-state index is 5.38. The van der Waals surface area contributed by atoms with Crippen molar-refractivity contribution in [2.45, 2.75) is 32.9 Å². The summed E-state index contributed by atoms with van der Waals surface area (Å²) in [5.74, 6) is 1.60. The van der Waals surface area contributed by atoms with Crippen molar-refractivity contribution in [2.24, 2.45) is 0 Å².